The molecule has 1 aromatic rings. The van der Waals surface area contributed by atoms with Crippen molar-refractivity contribution < 1.29 is 4.55 Å². The molecule has 4 nitrogen and oxygen atoms in total. The smallest absolute Gasteiger partial charge is 0.224 e. The second kappa shape index (κ2) is 4.00. The molecule has 1 N–H and O–H groups in total. The molecule has 0 spiro atoms. The van der Waals surface area contributed by atoms with Gasteiger partial charge in [0.15, 0.2) is 5.82 Å². The van der Waals surface area contributed by atoms with Crippen molar-refractivity contribution in [3.63, 3.8) is 0 Å². The third kappa shape index (κ3) is 2.00. The minimum Gasteiger partial charge on any atom is -0.611 e. The van der Waals surface area contributed by atoms with Crippen molar-refractivity contribution in [3.8, 4) is 0 Å². The maximum absolute atomic E-state index is 11.9. The van der Waals surface area contributed by atoms with Gasteiger partial charge in [-0.15, -0.1) is 0 Å². The molecule has 0 saturated heterocycles. The van der Waals surface area contributed by atoms with Crippen LogP contribution in [-0.2, 0) is 17.6 Å². The van der Waals surface area contributed by atoms with Crippen LogP contribution >= 0.6 is 11.6 Å². The molecule has 0 radical (unpaired) electrons. The van der Waals surface area contributed by atoms with Gasteiger partial charge < -0.3 is 9.87 Å². The zero-order valence-corrected chi connectivity index (χ0v) is 11.2. The molecular formula is C11H14ClN3OS. The van der Waals surface area contributed by atoms with E-state index in [2.05, 4.69) is 22.2 Å². The number of nitrogens with one attached hydrogen (secondary N) is 1. The van der Waals surface area contributed by atoms with Crippen LogP contribution in [0, 0.1) is 0 Å². The summed E-state index contributed by atoms with van der Waals surface area (Å²) in [6, 6.07) is 0. The fraction of sp³-hybridized carbons (Fsp3) is 0.636. The molecule has 92 valence electrons. The van der Waals surface area contributed by atoms with Crippen molar-refractivity contribution in [1.29, 1.82) is 0 Å². The summed E-state index contributed by atoms with van der Waals surface area (Å²) in [7, 11) is 0. The van der Waals surface area contributed by atoms with E-state index < -0.39 is 11.2 Å². The number of nitrogens with zero attached hydrogens (tertiary/aromatic N) is 2. The molecule has 1 aliphatic carbocycles. The molecule has 1 saturated carbocycles. The van der Waals surface area contributed by atoms with E-state index >= 15 is 0 Å². The van der Waals surface area contributed by atoms with Crippen LogP contribution in [0.2, 0.25) is 5.28 Å². The zero-order valence-electron chi connectivity index (χ0n) is 9.62. The minimum atomic E-state index is -0.976. The lowest BCUT2D eigenvalue weighted by Crippen LogP contribution is -2.42. The zero-order chi connectivity index (χ0) is 12.0. The standard InChI is InChI=1S/C11H14ClN3OS/c1-11(4-2-5-11)15-9-8-7(3-6-17(8)16)13-10(12)14-9/h2-6H2,1H3,(H,13,14,15). The van der Waals surface area contributed by atoms with E-state index in [0.717, 1.165) is 29.9 Å². The van der Waals surface area contributed by atoms with Crippen molar-refractivity contribution in [2.45, 2.75) is 43.0 Å². The summed E-state index contributed by atoms with van der Waals surface area (Å²) in [5.41, 5.74) is 0.923. The summed E-state index contributed by atoms with van der Waals surface area (Å²) in [4.78, 5) is 9.14. The van der Waals surface area contributed by atoms with Gasteiger partial charge in [0, 0.05) is 12.0 Å². The second-order valence-electron chi connectivity index (χ2n) is 4.96. The van der Waals surface area contributed by atoms with Crippen molar-refractivity contribution in [1.82, 2.24) is 9.97 Å². The molecule has 0 bridgehead atoms. The maximum Gasteiger partial charge on any atom is 0.224 e. The van der Waals surface area contributed by atoms with E-state index in [1.165, 1.54) is 6.42 Å². The van der Waals surface area contributed by atoms with Gasteiger partial charge in [-0.05, 0) is 49.0 Å². The van der Waals surface area contributed by atoms with E-state index in [-0.39, 0.29) is 10.8 Å². The first kappa shape index (κ1) is 11.6. The first-order chi connectivity index (χ1) is 8.07. The fourth-order valence-corrected chi connectivity index (χ4v) is 3.86. The number of rotatable bonds is 2. The Labute approximate surface area is 108 Å². The third-order valence-corrected chi connectivity index (χ3v) is 5.17. The van der Waals surface area contributed by atoms with Crippen LogP contribution < -0.4 is 5.32 Å². The molecule has 3 rings (SSSR count). The summed E-state index contributed by atoms with van der Waals surface area (Å²) in [6.45, 7) is 2.16. The van der Waals surface area contributed by atoms with Crippen LogP contribution in [0.5, 0.6) is 0 Å². The second-order valence-corrected chi connectivity index (χ2v) is 6.80. The van der Waals surface area contributed by atoms with Crippen molar-refractivity contribution in [2.24, 2.45) is 0 Å². The molecular weight excluding hydrogens is 258 g/mol. The van der Waals surface area contributed by atoms with Gasteiger partial charge in [-0.1, -0.05) is 0 Å². The first-order valence-corrected chi connectivity index (χ1v) is 7.50. The van der Waals surface area contributed by atoms with Crippen molar-refractivity contribution >= 4 is 28.6 Å². The van der Waals surface area contributed by atoms with Gasteiger partial charge in [-0.25, -0.2) is 4.98 Å². The van der Waals surface area contributed by atoms with Gasteiger partial charge in [-0.3, -0.25) is 0 Å². The number of hydrogen-bond acceptors (Lipinski definition) is 4. The van der Waals surface area contributed by atoms with Crippen LogP contribution in [0.3, 0.4) is 0 Å². The summed E-state index contributed by atoms with van der Waals surface area (Å²) in [5.74, 6) is 1.31. The van der Waals surface area contributed by atoms with E-state index in [0.29, 0.717) is 11.6 Å². The largest absolute Gasteiger partial charge is 0.611 e. The number of aromatic nitrogens is 2. The third-order valence-electron chi connectivity index (χ3n) is 3.54. The van der Waals surface area contributed by atoms with Gasteiger partial charge in [0.05, 0.1) is 0 Å². The Balaban J connectivity index is 1.98. The van der Waals surface area contributed by atoms with E-state index in [9.17, 15) is 4.55 Å². The summed E-state index contributed by atoms with van der Waals surface area (Å²) >= 11 is 4.93. The van der Waals surface area contributed by atoms with Gasteiger partial charge in [-0.2, -0.15) is 4.98 Å². The first-order valence-electron chi connectivity index (χ1n) is 5.80. The molecule has 0 amide bonds. The summed E-state index contributed by atoms with van der Waals surface area (Å²) < 4.78 is 11.9. The van der Waals surface area contributed by atoms with Gasteiger partial charge in [0.1, 0.15) is 11.4 Å². The Hall–Kier alpha value is -0.520. The fourth-order valence-electron chi connectivity index (χ4n) is 2.37. The van der Waals surface area contributed by atoms with Gasteiger partial charge in [0.25, 0.3) is 0 Å². The molecule has 2 heterocycles. The number of halogens is 1. The average Bonchev–Trinajstić information content (AvgIpc) is 2.58. The SMILES string of the molecule is CC1(Nc2nc(Cl)nc3c2[S+]([O-])CC3)CCC1. The topological polar surface area (TPSA) is 60.9 Å². The lowest BCUT2D eigenvalue weighted by atomic mass is 9.78. The van der Waals surface area contributed by atoms with Crippen LogP contribution in [0.15, 0.2) is 4.90 Å². The molecule has 17 heavy (non-hydrogen) atoms. The molecule has 6 heteroatoms. The van der Waals surface area contributed by atoms with E-state index in [1.807, 2.05) is 0 Å². The highest BCUT2D eigenvalue weighted by molar-refractivity contribution is 7.91. The number of anilines is 1. The molecule has 2 aliphatic rings. The van der Waals surface area contributed by atoms with Crippen LogP contribution in [0.1, 0.15) is 31.9 Å². The normalized spacial score (nSPS) is 25.2. The summed E-state index contributed by atoms with van der Waals surface area (Å²) in [5, 5.41) is 3.64. The quantitative estimate of drug-likeness (QED) is 0.661. The maximum atomic E-state index is 11.9. The van der Waals surface area contributed by atoms with Crippen molar-refractivity contribution in [3.05, 3.63) is 11.0 Å². The molecule has 1 unspecified atom stereocenters. The Kier molecular flexibility index (Phi) is 2.72. The number of aryl methyl sites for hydroxylation is 1. The predicted molar refractivity (Wildman–Crippen MR) is 67.9 cm³/mol. The Morgan fingerprint density at radius 1 is 1.41 bits per heavy atom. The minimum absolute atomic E-state index is 0.0816. The predicted octanol–water partition coefficient (Wildman–Crippen LogP) is 2.15. The van der Waals surface area contributed by atoms with E-state index in [1.54, 1.807) is 0 Å². The lowest BCUT2D eigenvalue weighted by Gasteiger charge is -2.39. The van der Waals surface area contributed by atoms with Crippen molar-refractivity contribution in [2.75, 3.05) is 11.1 Å². The summed E-state index contributed by atoms with van der Waals surface area (Å²) in [6.07, 6.45) is 4.20. The van der Waals surface area contributed by atoms with Gasteiger partial charge in [0.2, 0.25) is 10.2 Å². The van der Waals surface area contributed by atoms with E-state index in [4.69, 9.17) is 11.6 Å². The molecule has 1 atom stereocenters. The lowest BCUT2D eigenvalue weighted by molar-refractivity contribution is 0.305. The molecule has 1 aromatic heterocycles. The Morgan fingerprint density at radius 2 is 2.18 bits per heavy atom. The van der Waals surface area contributed by atoms with Gasteiger partial charge >= 0.3 is 0 Å². The molecule has 1 aliphatic heterocycles. The van der Waals surface area contributed by atoms with Crippen LogP contribution in [0.25, 0.3) is 0 Å². The highest BCUT2D eigenvalue weighted by Crippen LogP contribution is 2.38. The average molecular weight is 272 g/mol. The monoisotopic (exact) mass is 271 g/mol. The highest BCUT2D eigenvalue weighted by atomic mass is 35.5. The molecule has 1 fully saturated rings. The van der Waals surface area contributed by atoms with Crippen LogP contribution in [0.4, 0.5) is 5.82 Å². The number of fused-ring (bicyclic) bond motifs is 1. The van der Waals surface area contributed by atoms with Crippen LogP contribution in [-0.4, -0.2) is 25.8 Å². The highest BCUT2D eigenvalue weighted by Gasteiger charge is 2.37. The number of hydrogen-bond donors (Lipinski definition) is 1. The Morgan fingerprint density at radius 3 is 2.82 bits per heavy atom. The Bertz CT molecular complexity index is 464. The molecule has 0 aromatic carbocycles.